The Labute approximate surface area is 256 Å². The van der Waals surface area contributed by atoms with Crippen LogP contribution >= 0.6 is 22.6 Å². The van der Waals surface area contributed by atoms with E-state index < -0.39 is 5.54 Å². The van der Waals surface area contributed by atoms with E-state index in [9.17, 15) is 18.4 Å². The van der Waals surface area contributed by atoms with Crippen molar-refractivity contribution in [1.29, 1.82) is 0 Å². The van der Waals surface area contributed by atoms with Crippen LogP contribution in [0.1, 0.15) is 54.4 Å². The molecule has 2 N–H and O–H groups in total. The summed E-state index contributed by atoms with van der Waals surface area (Å²) < 4.78 is 25.8. The van der Waals surface area contributed by atoms with Crippen molar-refractivity contribution in [1.82, 2.24) is 20.4 Å². The first kappa shape index (κ1) is 32.0. The first-order valence-electron chi connectivity index (χ1n) is 13.2. The molecule has 0 bridgehead atoms. The Morgan fingerprint density at radius 1 is 0.897 bits per heavy atom. The Balaban J connectivity index is 0.000000199. The number of hydrogen-bond acceptors (Lipinski definition) is 4. The largest absolute Gasteiger partial charge is 1.00 e. The van der Waals surface area contributed by atoms with Crippen LogP contribution in [-0.2, 0) is 11.3 Å². The first-order chi connectivity index (χ1) is 18.4. The van der Waals surface area contributed by atoms with E-state index in [1.54, 1.807) is 17.0 Å². The van der Waals surface area contributed by atoms with Crippen molar-refractivity contribution in [3.8, 4) is 0 Å². The van der Waals surface area contributed by atoms with Gasteiger partial charge in [0.05, 0.1) is 0 Å². The van der Waals surface area contributed by atoms with E-state index in [2.05, 4.69) is 20.5 Å². The molecule has 6 nitrogen and oxygen atoms in total. The third-order valence-corrected chi connectivity index (χ3v) is 8.32. The number of amides is 2. The van der Waals surface area contributed by atoms with Gasteiger partial charge in [-0.05, 0) is 93.6 Å². The van der Waals surface area contributed by atoms with Crippen molar-refractivity contribution < 1.29 is 37.2 Å². The van der Waals surface area contributed by atoms with Crippen molar-refractivity contribution >= 4 is 34.4 Å². The predicted octanol–water partition coefficient (Wildman–Crippen LogP) is 1.69. The third kappa shape index (κ3) is 7.04. The van der Waals surface area contributed by atoms with Gasteiger partial charge in [0.2, 0.25) is 5.91 Å². The number of halogens is 3. The van der Waals surface area contributed by atoms with Crippen molar-refractivity contribution in [3.05, 3.63) is 76.2 Å². The van der Waals surface area contributed by atoms with E-state index in [1.807, 2.05) is 34.7 Å². The van der Waals surface area contributed by atoms with E-state index in [-0.39, 0.29) is 42.3 Å². The van der Waals surface area contributed by atoms with E-state index in [0.29, 0.717) is 37.0 Å². The maximum atomic E-state index is 12.9. The van der Waals surface area contributed by atoms with Crippen LogP contribution in [-0.4, -0.2) is 65.4 Å². The van der Waals surface area contributed by atoms with Crippen LogP contribution in [0.4, 0.5) is 8.78 Å². The normalized spacial score (nSPS) is 25.5. The molecule has 0 radical (unpaired) electrons. The van der Waals surface area contributed by atoms with Crippen LogP contribution in [0.3, 0.4) is 0 Å². The average molecular weight is 644 g/mol. The molecule has 4 aliphatic heterocycles. The summed E-state index contributed by atoms with van der Waals surface area (Å²) in [4.78, 5) is 32.0. The topological polar surface area (TPSA) is 64.7 Å². The zero-order valence-electron chi connectivity index (χ0n) is 22.7. The second kappa shape index (κ2) is 14.4. The Hall–Kier alpha value is -1.51. The van der Waals surface area contributed by atoms with Crippen LogP contribution in [0.2, 0.25) is 0 Å². The molecular weight excluding hydrogens is 608 g/mol. The smallest absolute Gasteiger partial charge is 0.354 e. The summed E-state index contributed by atoms with van der Waals surface area (Å²) in [5, 5.41) is 6.28. The van der Waals surface area contributed by atoms with Crippen molar-refractivity contribution in [2.45, 2.75) is 56.1 Å². The maximum absolute atomic E-state index is 12.9. The second-order valence-corrected chi connectivity index (χ2v) is 10.4. The second-order valence-electron chi connectivity index (χ2n) is 10.4. The van der Waals surface area contributed by atoms with Gasteiger partial charge in [-0.15, -0.1) is 0 Å². The number of hydrogen-bond donors (Lipinski definition) is 2. The number of rotatable bonds is 3. The van der Waals surface area contributed by atoms with Crippen LogP contribution in [0.5, 0.6) is 0 Å². The molecule has 2 amide bonds. The number of carbonyl (C=O) groups is 2. The van der Waals surface area contributed by atoms with E-state index in [1.165, 1.54) is 55.6 Å². The zero-order chi connectivity index (χ0) is 27.2. The van der Waals surface area contributed by atoms with Gasteiger partial charge in [-0.1, -0.05) is 12.1 Å². The van der Waals surface area contributed by atoms with Crippen LogP contribution in [0, 0.1) is 16.6 Å². The number of nitrogens with one attached hydrogen (secondary N) is 2. The third-order valence-electron chi connectivity index (χ3n) is 8.32. The number of carbonyl (C=O) groups excluding carboxylic acids is 2. The average Bonchev–Trinajstić information content (AvgIpc) is 3.74. The summed E-state index contributed by atoms with van der Waals surface area (Å²) in [6, 6.07) is 12.4. The predicted molar refractivity (Wildman–Crippen MR) is 153 cm³/mol. The molecule has 6 rings (SSSR count). The van der Waals surface area contributed by atoms with Gasteiger partial charge in [-0.3, -0.25) is 19.4 Å². The van der Waals surface area contributed by atoms with Gasteiger partial charge in [-0.25, -0.2) is 8.78 Å². The van der Waals surface area contributed by atoms with Crippen molar-refractivity contribution in [2.24, 2.45) is 0 Å². The van der Waals surface area contributed by atoms with E-state index in [0.717, 1.165) is 26.1 Å². The Kier molecular flexibility index (Phi) is 11.8. The summed E-state index contributed by atoms with van der Waals surface area (Å²) in [7, 11) is 0. The Bertz CT molecular complexity index is 1090. The fourth-order valence-corrected chi connectivity index (χ4v) is 6.34. The molecule has 2 spiro atoms. The summed E-state index contributed by atoms with van der Waals surface area (Å²) in [5.41, 5.74) is 1.36. The maximum Gasteiger partial charge on any atom is 1.00 e. The van der Waals surface area contributed by atoms with Gasteiger partial charge >= 0.3 is 18.9 Å². The number of likely N-dealkylation sites (tertiary alicyclic amines) is 2. The van der Waals surface area contributed by atoms with Crippen LogP contribution in [0.25, 0.3) is 0 Å². The molecule has 10 heteroatoms. The molecule has 4 fully saturated rings. The quantitative estimate of drug-likeness (QED) is 0.304. The van der Waals surface area contributed by atoms with Gasteiger partial charge in [-0.2, -0.15) is 0 Å². The molecule has 0 saturated carbocycles. The monoisotopic (exact) mass is 644 g/mol. The molecule has 0 aromatic heterocycles. The first-order valence-corrected chi connectivity index (χ1v) is 14.8. The SMILES string of the molecule is Fc1ccc(CN2CCCC23CCNC3)cc1.O=C(c1ccc(F)cc1)N1CCCC12CCNC2=O.[CH2-]I.[Li+]. The Morgan fingerprint density at radius 3 is 2.13 bits per heavy atom. The molecule has 2 atom stereocenters. The molecule has 2 unspecified atom stereocenters. The van der Waals surface area contributed by atoms with Crippen LogP contribution in [0.15, 0.2) is 48.5 Å². The molecule has 0 aliphatic carbocycles. The van der Waals surface area contributed by atoms with E-state index >= 15 is 0 Å². The van der Waals surface area contributed by atoms with E-state index in [4.69, 9.17) is 0 Å². The minimum atomic E-state index is -0.675. The van der Waals surface area contributed by atoms with Gasteiger partial charge < -0.3 is 38.1 Å². The molecule has 2 aromatic rings. The van der Waals surface area contributed by atoms with Crippen molar-refractivity contribution in [2.75, 3.05) is 32.7 Å². The Morgan fingerprint density at radius 2 is 1.54 bits per heavy atom. The summed E-state index contributed by atoms with van der Waals surface area (Å²) >= 11 is 1.90. The molecular formula is C29H36F2ILiN4O2. The molecule has 4 heterocycles. The van der Waals surface area contributed by atoms with Gasteiger partial charge in [0, 0.05) is 37.3 Å². The number of nitrogens with zero attached hydrogens (tertiary/aromatic N) is 2. The summed E-state index contributed by atoms with van der Waals surface area (Å²) in [5.74, 6) is -0.756. The molecule has 4 saturated heterocycles. The zero-order valence-corrected chi connectivity index (χ0v) is 24.8. The molecule has 4 aliphatic rings. The minimum absolute atomic E-state index is 0. The summed E-state index contributed by atoms with van der Waals surface area (Å²) in [6.07, 6.45) is 6.07. The number of benzene rings is 2. The fraction of sp³-hybridized carbons (Fsp3) is 0.483. The van der Waals surface area contributed by atoms with Gasteiger partial charge in [0.1, 0.15) is 17.2 Å². The molecule has 39 heavy (non-hydrogen) atoms. The fourth-order valence-electron chi connectivity index (χ4n) is 6.34. The van der Waals surface area contributed by atoms with Crippen molar-refractivity contribution in [3.63, 3.8) is 0 Å². The van der Waals surface area contributed by atoms with Gasteiger partial charge in [0.15, 0.2) is 0 Å². The summed E-state index contributed by atoms with van der Waals surface area (Å²) in [6.45, 7) is 5.60. The van der Waals surface area contributed by atoms with Crippen LogP contribution < -0.4 is 29.5 Å². The molecule has 206 valence electrons. The van der Waals surface area contributed by atoms with Gasteiger partial charge in [0.25, 0.3) is 5.91 Å². The minimum Gasteiger partial charge on any atom is -0.354 e. The standard InChI is InChI=1S/C14H15FN2O2.C14H19FN2.CH2I.Li/c15-11-4-2-10(3-5-11)12(18)17-9-1-6-14(17)7-8-16-13(14)19;15-13-4-2-12(3-5-13)10-17-9-1-6-14(17)7-8-16-11-14;1-2;/h2-5H,1,6-9H2,(H,16,19);2-5,16H,1,6-11H2;1H2;/q;;-1;+1. The molecule has 2 aromatic carbocycles.